The van der Waals surface area contributed by atoms with Crippen LogP contribution >= 0.6 is 15.9 Å². The number of methoxy groups -OCH3 is 1. The van der Waals surface area contributed by atoms with Crippen LogP contribution in [0.15, 0.2) is 39.2 Å². The number of aliphatic hydroxyl groups is 1. The van der Waals surface area contributed by atoms with Crippen molar-refractivity contribution in [2.75, 3.05) is 7.11 Å². The molecule has 0 saturated heterocycles. The number of aliphatic hydroxyl groups excluding tert-OH is 1. The van der Waals surface area contributed by atoms with Gasteiger partial charge in [-0.25, -0.2) is 9.18 Å². The summed E-state index contributed by atoms with van der Waals surface area (Å²) in [6, 6.07) is 7.04. The molecular weight excluding hydrogens is 319 g/mol. The number of esters is 1. The number of carbonyl (C=O) groups excluding carboxylic acids is 1. The van der Waals surface area contributed by atoms with Gasteiger partial charge in [-0.15, -0.1) is 0 Å². The topological polar surface area (TPSA) is 59.7 Å². The van der Waals surface area contributed by atoms with Crippen LogP contribution in [0.3, 0.4) is 0 Å². The van der Waals surface area contributed by atoms with Crippen molar-refractivity contribution in [2.24, 2.45) is 0 Å². The van der Waals surface area contributed by atoms with Gasteiger partial charge in [-0.2, -0.15) is 0 Å². The van der Waals surface area contributed by atoms with Gasteiger partial charge in [-0.05, 0) is 24.3 Å². The summed E-state index contributed by atoms with van der Waals surface area (Å²) >= 11 is 3.13. The van der Waals surface area contributed by atoms with Crippen LogP contribution in [-0.2, 0) is 4.74 Å². The van der Waals surface area contributed by atoms with Crippen LogP contribution in [0.1, 0.15) is 28.0 Å². The maximum absolute atomic E-state index is 13.7. The van der Waals surface area contributed by atoms with Crippen molar-refractivity contribution >= 4 is 21.9 Å². The first kappa shape index (κ1) is 13.8. The second kappa shape index (κ2) is 5.54. The summed E-state index contributed by atoms with van der Waals surface area (Å²) in [5.41, 5.74) is 0.0639. The molecule has 0 fully saturated rings. The minimum Gasteiger partial charge on any atom is -0.463 e. The molecule has 0 spiro atoms. The van der Waals surface area contributed by atoms with Gasteiger partial charge in [-0.1, -0.05) is 22.0 Å². The lowest BCUT2D eigenvalue weighted by molar-refractivity contribution is 0.0558. The molecule has 2 aromatic rings. The molecule has 0 radical (unpaired) electrons. The molecule has 0 aliphatic carbocycles. The Balaban J connectivity index is 2.31. The third-order valence-electron chi connectivity index (χ3n) is 2.54. The van der Waals surface area contributed by atoms with Gasteiger partial charge in [0.2, 0.25) is 5.76 Å². The Kier molecular flexibility index (Phi) is 4.01. The molecule has 0 bridgehead atoms. The first-order chi connectivity index (χ1) is 9.02. The molecule has 19 heavy (non-hydrogen) atoms. The van der Waals surface area contributed by atoms with Crippen molar-refractivity contribution in [1.29, 1.82) is 0 Å². The molecule has 1 aromatic heterocycles. The number of benzene rings is 1. The minimum absolute atomic E-state index is 0.0472. The van der Waals surface area contributed by atoms with E-state index < -0.39 is 17.9 Å². The van der Waals surface area contributed by atoms with Crippen LogP contribution in [0.2, 0.25) is 0 Å². The molecule has 1 atom stereocenters. The number of rotatable bonds is 3. The van der Waals surface area contributed by atoms with Gasteiger partial charge in [0, 0.05) is 10.0 Å². The number of halogens is 2. The van der Waals surface area contributed by atoms with Gasteiger partial charge >= 0.3 is 5.97 Å². The molecule has 0 saturated carbocycles. The lowest BCUT2D eigenvalue weighted by Gasteiger charge is -2.09. The average Bonchev–Trinajstić information content (AvgIpc) is 2.86. The van der Waals surface area contributed by atoms with E-state index in [9.17, 15) is 14.3 Å². The van der Waals surface area contributed by atoms with E-state index >= 15 is 0 Å². The fourth-order valence-corrected chi connectivity index (χ4v) is 1.92. The minimum atomic E-state index is -1.29. The van der Waals surface area contributed by atoms with Crippen molar-refractivity contribution in [3.05, 3.63) is 57.7 Å². The van der Waals surface area contributed by atoms with Crippen LogP contribution in [0.4, 0.5) is 4.39 Å². The molecule has 2 rings (SSSR count). The number of hydrogen-bond donors (Lipinski definition) is 1. The number of furan rings is 1. The molecule has 6 heteroatoms. The zero-order chi connectivity index (χ0) is 14.0. The van der Waals surface area contributed by atoms with E-state index in [0.29, 0.717) is 4.47 Å². The molecule has 0 aliphatic rings. The molecular formula is C13H10BrFO4. The van der Waals surface area contributed by atoms with E-state index in [1.54, 1.807) is 6.07 Å². The van der Waals surface area contributed by atoms with Crippen molar-refractivity contribution in [3.8, 4) is 0 Å². The predicted octanol–water partition coefficient (Wildman–Crippen LogP) is 3.05. The molecule has 4 nitrogen and oxygen atoms in total. The summed E-state index contributed by atoms with van der Waals surface area (Å²) in [6.07, 6.45) is -1.29. The normalized spacial score (nSPS) is 12.2. The van der Waals surface area contributed by atoms with E-state index in [2.05, 4.69) is 20.7 Å². The highest BCUT2D eigenvalue weighted by Crippen LogP contribution is 2.27. The van der Waals surface area contributed by atoms with Crippen LogP contribution in [0, 0.1) is 5.82 Å². The molecule has 1 unspecified atom stereocenters. The zero-order valence-corrected chi connectivity index (χ0v) is 11.5. The first-order valence-corrected chi connectivity index (χ1v) is 6.13. The number of hydrogen-bond acceptors (Lipinski definition) is 4. The summed E-state index contributed by atoms with van der Waals surface area (Å²) in [4.78, 5) is 11.2. The quantitative estimate of drug-likeness (QED) is 0.880. The van der Waals surface area contributed by atoms with Crippen LogP contribution in [0.25, 0.3) is 0 Å². The Morgan fingerprint density at radius 1 is 1.42 bits per heavy atom. The smallest absolute Gasteiger partial charge is 0.373 e. The van der Waals surface area contributed by atoms with E-state index in [-0.39, 0.29) is 17.1 Å². The van der Waals surface area contributed by atoms with Crippen molar-refractivity contribution in [2.45, 2.75) is 6.10 Å². The molecule has 1 aromatic carbocycles. The second-order valence-electron chi connectivity index (χ2n) is 3.76. The Morgan fingerprint density at radius 2 is 2.16 bits per heavy atom. The van der Waals surface area contributed by atoms with Gasteiger partial charge in [-0.3, -0.25) is 0 Å². The van der Waals surface area contributed by atoms with Gasteiger partial charge in [0.05, 0.1) is 7.11 Å². The number of ether oxygens (including phenoxy) is 1. The second-order valence-corrected chi connectivity index (χ2v) is 4.68. The van der Waals surface area contributed by atoms with Gasteiger partial charge < -0.3 is 14.3 Å². The third-order valence-corrected chi connectivity index (χ3v) is 3.03. The highest BCUT2D eigenvalue weighted by Gasteiger charge is 2.20. The standard InChI is InChI=1S/C13H10BrFO4/c1-18-13(17)11-5-4-10(19-11)12(16)8-3-2-7(14)6-9(8)15/h2-6,12,16H,1H3. The van der Waals surface area contributed by atoms with Crippen molar-refractivity contribution in [3.63, 3.8) is 0 Å². The van der Waals surface area contributed by atoms with E-state index in [1.165, 1.54) is 31.4 Å². The zero-order valence-electron chi connectivity index (χ0n) is 9.89. The SMILES string of the molecule is COC(=O)c1ccc(C(O)c2ccc(Br)cc2F)o1. The summed E-state index contributed by atoms with van der Waals surface area (Å²) < 4.78 is 23.9. The lowest BCUT2D eigenvalue weighted by atomic mass is 10.1. The highest BCUT2D eigenvalue weighted by atomic mass is 79.9. The maximum Gasteiger partial charge on any atom is 0.373 e. The molecule has 100 valence electrons. The van der Waals surface area contributed by atoms with E-state index in [1.807, 2.05) is 0 Å². The number of carbonyl (C=O) groups is 1. The van der Waals surface area contributed by atoms with Gasteiger partial charge in [0.15, 0.2) is 0 Å². The van der Waals surface area contributed by atoms with Gasteiger partial charge in [0.25, 0.3) is 0 Å². The summed E-state index contributed by atoms with van der Waals surface area (Å²) in [5, 5.41) is 10.0. The van der Waals surface area contributed by atoms with E-state index in [4.69, 9.17) is 4.42 Å². The first-order valence-electron chi connectivity index (χ1n) is 5.34. The van der Waals surface area contributed by atoms with Crippen LogP contribution in [-0.4, -0.2) is 18.2 Å². The predicted molar refractivity (Wildman–Crippen MR) is 68.2 cm³/mol. The van der Waals surface area contributed by atoms with Crippen molar-refractivity contribution < 1.29 is 23.4 Å². The lowest BCUT2D eigenvalue weighted by Crippen LogP contribution is -2.02. The Labute approximate surface area is 116 Å². The summed E-state index contributed by atoms with van der Waals surface area (Å²) in [7, 11) is 1.22. The monoisotopic (exact) mass is 328 g/mol. The van der Waals surface area contributed by atoms with E-state index in [0.717, 1.165) is 0 Å². The molecule has 0 amide bonds. The average molecular weight is 329 g/mol. The summed E-state index contributed by atoms with van der Waals surface area (Å²) in [6.45, 7) is 0. The Bertz CT molecular complexity index is 608. The Morgan fingerprint density at radius 3 is 2.79 bits per heavy atom. The Hall–Kier alpha value is -1.66. The van der Waals surface area contributed by atoms with Crippen LogP contribution in [0.5, 0.6) is 0 Å². The molecule has 0 aliphatic heterocycles. The maximum atomic E-state index is 13.7. The fraction of sp³-hybridized carbons (Fsp3) is 0.154. The third kappa shape index (κ3) is 2.85. The van der Waals surface area contributed by atoms with Crippen LogP contribution < -0.4 is 0 Å². The fourth-order valence-electron chi connectivity index (χ4n) is 1.59. The van der Waals surface area contributed by atoms with Crippen molar-refractivity contribution in [1.82, 2.24) is 0 Å². The van der Waals surface area contributed by atoms with Gasteiger partial charge in [0.1, 0.15) is 17.7 Å². The molecule has 1 heterocycles. The highest BCUT2D eigenvalue weighted by molar-refractivity contribution is 9.10. The summed E-state index contributed by atoms with van der Waals surface area (Å²) in [5.74, 6) is -1.21. The molecule has 1 N–H and O–H groups in total. The largest absolute Gasteiger partial charge is 0.463 e.